The molecule has 0 aromatic heterocycles. The summed E-state index contributed by atoms with van der Waals surface area (Å²) in [5.74, 6) is -0.103. The van der Waals surface area contributed by atoms with Gasteiger partial charge in [-0.15, -0.1) is 0 Å². The Kier molecular flexibility index (Phi) is 7.06. The molecule has 1 N–H and O–H groups in total. The van der Waals surface area contributed by atoms with Gasteiger partial charge in [0.2, 0.25) is 5.91 Å². The van der Waals surface area contributed by atoms with Crippen molar-refractivity contribution in [2.24, 2.45) is 0 Å². The maximum atomic E-state index is 12.9. The van der Waals surface area contributed by atoms with E-state index in [0.717, 1.165) is 36.8 Å². The third-order valence-corrected chi connectivity index (χ3v) is 5.07. The number of hydrogen-bond donors (Lipinski definition) is 1. The summed E-state index contributed by atoms with van der Waals surface area (Å²) < 4.78 is 5.55. The molecule has 2 aromatic carbocycles. The van der Waals surface area contributed by atoms with Crippen LogP contribution in [0.4, 0.5) is 4.79 Å². The van der Waals surface area contributed by atoms with Gasteiger partial charge in [-0.05, 0) is 17.5 Å². The van der Waals surface area contributed by atoms with E-state index in [9.17, 15) is 9.59 Å². The Hall–Kier alpha value is -2.82. The lowest BCUT2D eigenvalue weighted by atomic mass is 9.91. The van der Waals surface area contributed by atoms with Gasteiger partial charge in [0.15, 0.2) is 0 Å². The summed E-state index contributed by atoms with van der Waals surface area (Å²) in [5, 5.41) is 2.96. The van der Waals surface area contributed by atoms with Gasteiger partial charge < -0.3 is 10.1 Å². The van der Waals surface area contributed by atoms with E-state index in [0.29, 0.717) is 6.54 Å². The van der Waals surface area contributed by atoms with Crippen LogP contribution in [0.1, 0.15) is 43.7 Å². The predicted molar refractivity (Wildman–Crippen MR) is 108 cm³/mol. The SMILES string of the molecule is CCCCC[C@H]1NC(=O)[C@@H]1N(Cc1ccccc1)C(=O)OCc1ccccc1. The Balaban J connectivity index is 1.70. The number of rotatable bonds is 9. The monoisotopic (exact) mass is 380 g/mol. The van der Waals surface area contributed by atoms with Gasteiger partial charge in [0.25, 0.3) is 0 Å². The molecule has 148 valence electrons. The lowest BCUT2D eigenvalue weighted by Gasteiger charge is -2.43. The Morgan fingerprint density at radius 3 is 2.25 bits per heavy atom. The summed E-state index contributed by atoms with van der Waals surface area (Å²) in [4.78, 5) is 26.8. The molecule has 1 heterocycles. The van der Waals surface area contributed by atoms with Crippen LogP contribution >= 0.6 is 0 Å². The van der Waals surface area contributed by atoms with Crippen molar-refractivity contribution in [2.75, 3.05) is 0 Å². The van der Waals surface area contributed by atoms with Crippen LogP contribution in [0.25, 0.3) is 0 Å². The van der Waals surface area contributed by atoms with Crippen LogP contribution in [-0.2, 0) is 22.7 Å². The van der Waals surface area contributed by atoms with Crippen LogP contribution in [0.5, 0.6) is 0 Å². The molecule has 1 aliphatic heterocycles. The van der Waals surface area contributed by atoms with Crippen LogP contribution in [-0.4, -0.2) is 29.0 Å². The van der Waals surface area contributed by atoms with Gasteiger partial charge in [0, 0.05) is 6.54 Å². The van der Waals surface area contributed by atoms with Gasteiger partial charge >= 0.3 is 6.09 Å². The molecule has 1 saturated heterocycles. The quantitative estimate of drug-likeness (QED) is 0.522. The third kappa shape index (κ3) is 5.12. The van der Waals surface area contributed by atoms with Gasteiger partial charge in [-0.2, -0.15) is 0 Å². The highest BCUT2D eigenvalue weighted by molar-refractivity contribution is 5.92. The van der Waals surface area contributed by atoms with Crippen molar-refractivity contribution in [2.45, 2.75) is 57.8 Å². The van der Waals surface area contributed by atoms with Crippen molar-refractivity contribution in [3.8, 4) is 0 Å². The lowest BCUT2D eigenvalue weighted by molar-refractivity contribution is -0.137. The van der Waals surface area contributed by atoms with Crippen molar-refractivity contribution in [1.82, 2.24) is 10.2 Å². The molecule has 0 bridgehead atoms. The summed E-state index contributed by atoms with van der Waals surface area (Å²) in [6.07, 6.45) is 3.71. The van der Waals surface area contributed by atoms with Crippen LogP contribution in [0.2, 0.25) is 0 Å². The number of carbonyl (C=O) groups is 2. The molecular weight excluding hydrogens is 352 g/mol. The van der Waals surface area contributed by atoms with Gasteiger partial charge in [0.1, 0.15) is 12.6 Å². The van der Waals surface area contributed by atoms with E-state index in [4.69, 9.17) is 4.74 Å². The molecule has 2 atom stereocenters. The summed E-state index contributed by atoms with van der Waals surface area (Å²) in [5.41, 5.74) is 1.90. The minimum atomic E-state index is -0.472. The highest BCUT2D eigenvalue weighted by atomic mass is 16.6. The zero-order valence-electron chi connectivity index (χ0n) is 16.3. The number of nitrogens with one attached hydrogen (secondary N) is 1. The molecule has 0 saturated carbocycles. The number of ether oxygens (including phenoxy) is 1. The summed E-state index contributed by atoms with van der Waals surface area (Å²) in [6, 6.07) is 18.8. The number of hydrogen-bond acceptors (Lipinski definition) is 3. The predicted octanol–water partition coefficient (Wildman–Crippen LogP) is 4.27. The van der Waals surface area contributed by atoms with Crippen molar-refractivity contribution >= 4 is 12.0 Å². The fraction of sp³-hybridized carbons (Fsp3) is 0.391. The highest BCUT2D eigenvalue weighted by Gasteiger charge is 2.45. The van der Waals surface area contributed by atoms with Crippen LogP contribution in [0, 0.1) is 0 Å². The van der Waals surface area contributed by atoms with Crippen LogP contribution < -0.4 is 5.32 Å². The zero-order chi connectivity index (χ0) is 19.8. The van der Waals surface area contributed by atoms with Gasteiger partial charge in [-0.3, -0.25) is 9.69 Å². The second-order valence-corrected chi connectivity index (χ2v) is 7.21. The highest BCUT2D eigenvalue weighted by Crippen LogP contribution is 2.23. The summed E-state index contributed by atoms with van der Waals surface area (Å²) in [6.45, 7) is 2.70. The fourth-order valence-electron chi connectivity index (χ4n) is 3.50. The Bertz CT molecular complexity index is 764. The average molecular weight is 380 g/mol. The largest absolute Gasteiger partial charge is 0.445 e. The Labute approximate surface area is 166 Å². The molecule has 2 aromatic rings. The van der Waals surface area contributed by atoms with E-state index in [1.807, 2.05) is 60.7 Å². The smallest absolute Gasteiger partial charge is 0.411 e. The fourth-order valence-corrected chi connectivity index (χ4v) is 3.50. The van der Waals surface area contributed by atoms with Crippen LogP contribution in [0.15, 0.2) is 60.7 Å². The van der Waals surface area contributed by atoms with E-state index in [-0.39, 0.29) is 18.6 Å². The normalized spacial score (nSPS) is 18.1. The number of unbranched alkanes of at least 4 members (excludes halogenated alkanes) is 2. The molecule has 5 nitrogen and oxygen atoms in total. The van der Waals surface area contributed by atoms with Crippen molar-refractivity contribution in [3.05, 3.63) is 71.8 Å². The van der Waals surface area contributed by atoms with Crippen molar-refractivity contribution < 1.29 is 14.3 Å². The first-order chi connectivity index (χ1) is 13.7. The second-order valence-electron chi connectivity index (χ2n) is 7.21. The molecule has 0 spiro atoms. The molecule has 0 unspecified atom stereocenters. The maximum absolute atomic E-state index is 12.9. The first kappa shape index (κ1) is 19.9. The topological polar surface area (TPSA) is 58.6 Å². The van der Waals surface area contributed by atoms with E-state index >= 15 is 0 Å². The Morgan fingerprint density at radius 2 is 1.64 bits per heavy atom. The van der Waals surface area contributed by atoms with Crippen LogP contribution in [0.3, 0.4) is 0 Å². The molecule has 28 heavy (non-hydrogen) atoms. The van der Waals surface area contributed by atoms with Gasteiger partial charge in [-0.1, -0.05) is 86.8 Å². The number of amides is 2. The minimum absolute atomic E-state index is 0.00737. The molecule has 5 heteroatoms. The van der Waals surface area contributed by atoms with E-state index in [1.54, 1.807) is 4.90 Å². The summed E-state index contributed by atoms with van der Waals surface area (Å²) in [7, 11) is 0. The minimum Gasteiger partial charge on any atom is -0.445 e. The van der Waals surface area contributed by atoms with Crippen molar-refractivity contribution in [1.29, 1.82) is 0 Å². The van der Waals surface area contributed by atoms with Crippen molar-refractivity contribution in [3.63, 3.8) is 0 Å². The number of β-lactam (4-membered cyclic amide) rings is 1. The van der Waals surface area contributed by atoms with E-state index in [2.05, 4.69) is 12.2 Å². The third-order valence-electron chi connectivity index (χ3n) is 5.07. The number of benzene rings is 2. The average Bonchev–Trinajstić information content (AvgIpc) is 2.72. The first-order valence-corrected chi connectivity index (χ1v) is 10.0. The Morgan fingerprint density at radius 1 is 1.00 bits per heavy atom. The first-order valence-electron chi connectivity index (χ1n) is 10.0. The second kappa shape index (κ2) is 9.93. The molecule has 2 amide bonds. The summed E-state index contributed by atoms with van der Waals surface area (Å²) >= 11 is 0. The van der Waals surface area contributed by atoms with E-state index in [1.165, 1.54) is 0 Å². The maximum Gasteiger partial charge on any atom is 0.411 e. The molecule has 0 aliphatic carbocycles. The molecule has 1 aliphatic rings. The lowest BCUT2D eigenvalue weighted by Crippen LogP contribution is -2.69. The zero-order valence-corrected chi connectivity index (χ0v) is 16.3. The molecular formula is C23H28N2O3. The van der Waals surface area contributed by atoms with Gasteiger partial charge in [0.05, 0.1) is 6.04 Å². The van der Waals surface area contributed by atoms with E-state index < -0.39 is 12.1 Å². The standard InChI is InChI=1S/C23H28N2O3/c1-2-3-6-15-20-21(22(26)24-20)25(16-18-11-7-4-8-12-18)23(27)28-17-19-13-9-5-10-14-19/h4-5,7-14,20-21H,2-3,6,15-17H2,1H3,(H,24,26)/t20-,21-/m1/s1. The number of carbonyl (C=O) groups excluding carboxylic acids is 2. The molecule has 3 rings (SSSR count). The molecule has 0 radical (unpaired) electrons. The number of nitrogens with zero attached hydrogens (tertiary/aromatic N) is 1. The van der Waals surface area contributed by atoms with Gasteiger partial charge in [-0.25, -0.2) is 4.79 Å². The molecule has 1 fully saturated rings.